The zero-order valence-corrected chi connectivity index (χ0v) is 16.4. The van der Waals surface area contributed by atoms with Gasteiger partial charge in [-0.15, -0.1) is 0 Å². The van der Waals surface area contributed by atoms with E-state index in [1.54, 1.807) is 12.0 Å². The molecule has 0 saturated heterocycles. The van der Waals surface area contributed by atoms with E-state index in [0.29, 0.717) is 25.9 Å². The average Bonchev–Trinajstić information content (AvgIpc) is 2.72. The predicted molar refractivity (Wildman–Crippen MR) is 107 cm³/mol. The molecule has 2 amide bonds. The maximum Gasteiger partial charge on any atom is 0.248 e. The number of nitrogens with one attached hydrogen (secondary N) is 1. The summed E-state index contributed by atoms with van der Waals surface area (Å²) in [5.74, 6) is 0.735. The number of carbonyl (C=O) groups is 2. The molecular weight excluding hydrogens is 356 g/mol. The zero-order valence-electron chi connectivity index (χ0n) is 16.4. The molecule has 6 nitrogen and oxygen atoms in total. The first kappa shape index (κ1) is 19.9. The van der Waals surface area contributed by atoms with Crippen molar-refractivity contribution in [2.24, 2.45) is 0 Å². The Labute approximate surface area is 165 Å². The van der Waals surface area contributed by atoms with E-state index in [-0.39, 0.29) is 18.4 Å². The van der Waals surface area contributed by atoms with E-state index in [1.165, 1.54) is 12.7 Å². The molecule has 0 fully saturated rings. The third kappa shape index (κ3) is 4.89. The largest absolute Gasteiger partial charge is 0.496 e. The van der Waals surface area contributed by atoms with E-state index in [0.717, 1.165) is 29.0 Å². The van der Waals surface area contributed by atoms with Gasteiger partial charge in [-0.2, -0.15) is 0 Å². The van der Waals surface area contributed by atoms with Crippen molar-refractivity contribution < 1.29 is 19.1 Å². The van der Waals surface area contributed by atoms with Crippen LogP contribution < -0.4 is 10.1 Å². The average molecular weight is 382 g/mol. The van der Waals surface area contributed by atoms with Gasteiger partial charge in [0.2, 0.25) is 11.8 Å². The number of para-hydroxylation sites is 1. The molecule has 0 radical (unpaired) electrons. The number of methoxy groups -OCH3 is 2. The summed E-state index contributed by atoms with van der Waals surface area (Å²) in [5.41, 5.74) is 4.05. The van der Waals surface area contributed by atoms with Crippen molar-refractivity contribution in [3.05, 3.63) is 59.2 Å². The summed E-state index contributed by atoms with van der Waals surface area (Å²) >= 11 is 0. The zero-order chi connectivity index (χ0) is 19.9. The molecule has 2 aromatic rings. The molecule has 0 aliphatic carbocycles. The van der Waals surface area contributed by atoms with Gasteiger partial charge in [0.1, 0.15) is 12.4 Å². The lowest BCUT2D eigenvalue weighted by Crippen LogP contribution is -2.38. The minimum Gasteiger partial charge on any atom is -0.496 e. The molecule has 0 atom stereocenters. The molecule has 148 valence electrons. The molecule has 2 aromatic carbocycles. The summed E-state index contributed by atoms with van der Waals surface area (Å²) in [5, 5.41) is 2.96. The van der Waals surface area contributed by atoms with Gasteiger partial charge < -0.3 is 19.7 Å². The highest BCUT2D eigenvalue weighted by atomic mass is 16.5. The molecule has 6 heteroatoms. The summed E-state index contributed by atoms with van der Waals surface area (Å²) in [4.78, 5) is 26.2. The molecule has 1 aliphatic rings. The normalized spacial score (nSPS) is 13.0. The quantitative estimate of drug-likeness (QED) is 0.800. The molecule has 0 saturated carbocycles. The third-order valence-electron chi connectivity index (χ3n) is 4.94. The maximum atomic E-state index is 12.4. The van der Waals surface area contributed by atoms with Crippen LogP contribution in [0.4, 0.5) is 5.69 Å². The van der Waals surface area contributed by atoms with Crippen LogP contribution in [0.3, 0.4) is 0 Å². The first-order chi connectivity index (χ1) is 13.6. The number of carbonyl (C=O) groups excluding carboxylic acids is 2. The van der Waals surface area contributed by atoms with Gasteiger partial charge in [-0.3, -0.25) is 9.59 Å². The van der Waals surface area contributed by atoms with Crippen molar-refractivity contribution >= 4 is 17.5 Å². The Hall–Kier alpha value is -2.86. The van der Waals surface area contributed by atoms with Gasteiger partial charge in [-0.05, 0) is 47.7 Å². The Morgan fingerprint density at radius 2 is 1.93 bits per heavy atom. The number of hydrogen-bond acceptors (Lipinski definition) is 4. The molecule has 0 spiro atoms. The van der Waals surface area contributed by atoms with Crippen LogP contribution in [0.15, 0.2) is 42.5 Å². The van der Waals surface area contributed by atoms with E-state index in [4.69, 9.17) is 9.47 Å². The minimum atomic E-state index is -0.0472. The number of ether oxygens (including phenoxy) is 2. The van der Waals surface area contributed by atoms with Crippen molar-refractivity contribution in [1.82, 2.24) is 4.90 Å². The maximum absolute atomic E-state index is 12.4. The fourth-order valence-electron chi connectivity index (χ4n) is 3.44. The summed E-state index contributed by atoms with van der Waals surface area (Å²) in [7, 11) is 3.15. The molecule has 1 aliphatic heterocycles. The van der Waals surface area contributed by atoms with Gasteiger partial charge in [-0.25, -0.2) is 0 Å². The van der Waals surface area contributed by atoms with Crippen LogP contribution in [0.2, 0.25) is 0 Å². The van der Waals surface area contributed by atoms with Crippen LogP contribution in [-0.2, 0) is 33.7 Å². The standard InChI is InChI=1S/C22H26N2O4/c1-27-15-22(26)24-12-11-16-7-9-19(13-18(16)14-24)23-21(25)10-8-17-5-3-4-6-20(17)28-2/h3-7,9,13H,8,10-12,14-15H2,1-2H3,(H,23,25). The fraction of sp³-hybridized carbons (Fsp3) is 0.364. The molecule has 1 N–H and O–H groups in total. The lowest BCUT2D eigenvalue weighted by molar-refractivity contribution is -0.136. The fourth-order valence-corrected chi connectivity index (χ4v) is 3.44. The van der Waals surface area contributed by atoms with Crippen LogP contribution in [0, 0.1) is 0 Å². The first-order valence-electron chi connectivity index (χ1n) is 9.41. The van der Waals surface area contributed by atoms with Crippen LogP contribution in [-0.4, -0.2) is 44.1 Å². The monoisotopic (exact) mass is 382 g/mol. The highest BCUT2D eigenvalue weighted by Gasteiger charge is 2.21. The van der Waals surface area contributed by atoms with Crippen molar-refractivity contribution in [3.63, 3.8) is 0 Å². The lowest BCUT2D eigenvalue weighted by atomic mass is 9.99. The summed E-state index contributed by atoms with van der Waals surface area (Å²) in [6.07, 6.45) is 1.79. The van der Waals surface area contributed by atoms with Crippen molar-refractivity contribution in [2.45, 2.75) is 25.8 Å². The molecule has 3 rings (SSSR count). The van der Waals surface area contributed by atoms with E-state index >= 15 is 0 Å². The first-order valence-corrected chi connectivity index (χ1v) is 9.41. The number of aryl methyl sites for hydroxylation is 1. The van der Waals surface area contributed by atoms with Gasteiger partial charge in [0.05, 0.1) is 7.11 Å². The second-order valence-corrected chi connectivity index (χ2v) is 6.84. The Kier molecular flexibility index (Phi) is 6.66. The molecular formula is C22H26N2O4. The molecule has 0 aromatic heterocycles. The minimum absolute atomic E-state index is 0.0144. The molecule has 1 heterocycles. The second-order valence-electron chi connectivity index (χ2n) is 6.84. The van der Waals surface area contributed by atoms with E-state index in [9.17, 15) is 9.59 Å². The smallest absolute Gasteiger partial charge is 0.248 e. The Balaban J connectivity index is 1.60. The van der Waals surface area contributed by atoms with Crippen molar-refractivity contribution in [3.8, 4) is 5.75 Å². The second kappa shape index (κ2) is 9.37. The van der Waals surface area contributed by atoms with E-state index in [1.807, 2.05) is 42.5 Å². The topological polar surface area (TPSA) is 67.9 Å². The van der Waals surface area contributed by atoms with Gasteiger partial charge in [0, 0.05) is 32.3 Å². The van der Waals surface area contributed by atoms with Crippen LogP contribution in [0.25, 0.3) is 0 Å². The molecule has 0 bridgehead atoms. The number of rotatable bonds is 7. The van der Waals surface area contributed by atoms with Gasteiger partial charge in [0.25, 0.3) is 0 Å². The van der Waals surface area contributed by atoms with Gasteiger partial charge >= 0.3 is 0 Å². The van der Waals surface area contributed by atoms with Gasteiger partial charge in [0.15, 0.2) is 0 Å². The number of anilines is 1. The van der Waals surface area contributed by atoms with E-state index in [2.05, 4.69) is 5.32 Å². The van der Waals surface area contributed by atoms with Gasteiger partial charge in [-0.1, -0.05) is 24.3 Å². The molecule has 0 unspecified atom stereocenters. The Morgan fingerprint density at radius 1 is 1.11 bits per heavy atom. The predicted octanol–water partition coefficient (Wildman–Crippen LogP) is 2.80. The number of amides is 2. The van der Waals surface area contributed by atoms with E-state index < -0.39 is 0 Å². The Morgan fingerprint density at radius 3 is 2.71 bits per heavy atom. The Bertz CT molecular complexity index is 850. The third-order valence-corrected chi connectivity index (χ3v) is 4.94. The number of nitrogens with zero attached hydrogens (tertiary/aromatic N) is 1. The highest BCUT2D eigenvalue weighted by Crippen LogP contribution is 2.23. The SMILES string of the molecule is COCC(=O)N1CCc2ccc(NC(=O)CCc3ccccc3OC)cc2C1. The number of benzene rings is 2. The summed E-state index contributed by atoms with van der Waals surface area (Å²) in [6, 6.07) is 13.6. The summed E-state index contributed by atoms with van der Waals surface area (Å²) in [6.45, 7) is 1.33. The van der Waals surface area contributed by atoms with Crippen molar-refractivity contribution in [1.29, 1.82) is 0 Å². The highest BCUT2D eigenvalue weighted by molar-refractivity contribution is 5.91. The summed E-state index contributed by atoms with van der Waals surface area (Å²) < 4.78 is 10.3. The number of fused-ring (bicyclic) bond motifs is 1. The molecule has 28 heavy (non-hydrogen) atoms. The lowest BCUT2D eigenvalue weighted by Gasteiger charge is -2.29. The van der Waals surface area contributed by atoms with Crippen LogP contribution >= 0.6 is 0 Å². The number of hydrogen-bond donors (Lipinski definition) is 1. The van der Waals surface area contributed by atoms with Crippen LogP contribution in [0.5, 0.6) is 5.75 Å². The van der Waals surface area contributed by atoms with Crippen LogP contribution in [0.1, 0.15) is 23.1 Å². The van der Waals surface area contributed by atoms with Crippen molar-refractivity contribution in [2.75, 3.05) is 32.7 Å².